The van der Waals surface area contributed by atoms with Crippen LogP contribution in [-0.2, 0) is 13.0 Å². The van der Waals surface area contributed by atoms with Crippen molar-refractivity contribution in [2.45, 2.75) is 19.9 Å². The first kappa shape index (κ1) is 13.9. The average Bonchev–Trinajstić information content (AvgIpc) is 2.42. The highest BCUT2D eigenvalue weighted by Crippen LogP contribution is 2.15. The smallest absolute Gasteiger partial charge is 0.123 e. The predicted molar refractivity (Wildman–Crippen MR) is 79.3 cm³/mol. The second-order valence-corrected chi connectivity index (χ2v) is 4.94. The number of halogens is 2. The first-order valence-electron chi connectivity index (χ1n) is 6.33. The number of alkyl halides is 1. The highest BCUT2D eigenvalue weighted by molar-refractivity contribution is 6.17. The maximum absolute atomic E-state index is 13.2. The van der Waals surface area contributed by atoms with Gasteiger partial charge < -0.3 is 5.32 Å². The van der Waals surface area contributed by atoms with E-state index in [1.807, 2.05) is 19.1 Å². The number of aryl methyl sites for hydroxylation is 2. The molecule has 2 rings (SSSR count). The minimum atomic E-state index is -0.195. The number of hydrogen-bond acceptors (Lipinski definition) is 1. The van der Waals surface area contributed by atoms with E-state index in [0.717, 1.165) is 23.2 Å². The SMILES string of the molecule is Cc1ccc(F)cc1CNc1ccc(CCCl)cc1. The summed E-state index contributed by atoms with van der Waals surface area (Å²) in [6.45, 7) is 2.61. The van der Waals surface area contributed by atoms with E-state index >= 15 is 0 Å². The first-order chi connectivity index (χ1) is 9.19. The summed E-state index contributed by atoms with van der Waals surface area (Å²) < 4.78 is 13.2. The number of nitrogens with one attached hydrogen (secondary N) is 1. The fourth-order valence-electron chi connectivity index (χ4n) is 1.93. The van der Waals surface area contributed by atoms with Crippen LogP contribution < -0.4 is 5.32 Å². The molecule has 1 N–H and O–H groups in total. The molecule has 0 saturated carbocycles. The Bertz CT molecular complexity index is 537. The number of rotatable bonds is 5. The monoisotopic (exact) mass is 277 g/mol. The minimum absolute atomic E-state index is 0.195. The zero-order chi connectivity index (χ0) is 13.7. The molecule has 0 atom stereocenters. The molecule has 1 nitrogen and oxygen atoms in total. The lowest BCUT2D eigenvalue weighted by molar-refractivity contribution is 0.625. The largest absolute Gasteiger partial charge is 0.381 e. The fraction of sp³-hybridized carbons (Fsp3) is 0.250. The van der Waals surface area contributed by atoms with E-state index in [0.29, 0.717) is 12.4 Å². The van der Waals surface area contributed by atoms with Crippen LogP contribution in [0.3, 0.4) is 0 Å². The minimum Gasteiger partial charge on any atom is -0.381 e. The highest BCUT2D eigenvalue weighted by Gasteiger charge is 2.01. The molecule has 0 fully saturated rings. The summed E-state index contributed by atoms with van der Waals surface area (Å²) in [6.07, 6.45) is 0.880. The molecule has 3 heteroatoms. The molecule has 0 aliphatic carbocycles. The van der Waals surface area contributed by atoms with Gasteiger partial charge in [-0.1, -0.05) is 18.2 Å². The quantitative estimate of drug-likeness (QED) is 0.792. The van der Waals surface area contributed by atoms with Gasteiger partial charge in [-0.3, -0.25) is 0 Å². The van der Waals surface area contributed by atoms with Crippen LogP contribution in [0.4, 0.5) is 10.1 Å². The van der Waals surface area contributed by atoms with Gasteiger partial charge in [-0.05, 0) is 54.3 Å². The van der Waals surface area contributed by atoms with Gasteiger partial charge >= 0.3 is 0 Å². The van der Waals surface area contributed by atoms with Crippen LogP contribution >= 0.6 is 11.6 Å². The lowest BCUT2D eigenvalue weighted by Crippen LogP contribution is -2.02. The molecular formula is C16H17ClFN. The third kappa shape index (κ3) is 3.97. The summed E-state index contributed by atoms with van der Waals surface area (Å²) in [5.41, 5.74) is 4.32. The third-order valence-corrected chi connectivity index (χ3v) is 3.32. The fourth-order valence-corrected chi connectivity index (χ4v) is 2.14. The maximum Gasteiger partial charge on any atom is 0.123 e. The van der Waals surface area contributed by atoms with Crippen molar-refractivity contribution in [2.24, 2.45) is 0 Å². The molecule has 0 heterocycles. The van der Waals surface area contributed by atoms with E-state index < -0.39 is 0 Å². The Hall–Kier alpha value is -1.54. The van der Waals surface area contributed by atoms with Crippen LogP contribution in [0.1, 0.15) is 16.7 Å². The molecule has 0 aliphatic rings. The lowest BCUT2D eigenvalue weighted by Gasteiger charge is -2.10. The van der Waals surface area contributed by atoms with E-state index in [4.69, 9.17) is 11.6 Å². The molecule has 2 aromatic carbocycles. The van der Waals surface area contributed by atoms with Gasteiger partial charge in [0, 0.05) is 18.1 Å². The van der Waals surface area contributed by atoms with E-state index in [1.165, 1.54) is 11.6 Å². The highest BCUT2D eigenvalue weighted by atomic mass is 35.5. The van der Waals surface area contributed by atoms with Gasteiger partial charge in [0.1, 0.15) is 5.82 Å². The molecule has 0 saturated heterocycles. The molecule has 0 unspecified atom stereocenters. The van der Waals surface area contributed by atoms with Crippen molar-refractivity contribution < 1.29 is 4.39 Å². The van der Waals surface area contributed by atoms with Gasteiger partial charge in [0.2, 0.25) is 0 Å². The predicted octanol–water partition coefficient (Wildman–Crippen LogP) is 4.53. The van der Waals surface area contributed by atoms with Crippen molar-refractivity contribution in [2.75, 3.05) is 11.2 Å². The molecule has 2 aromatic rings. The summed E-state index contributed by atoms with van der Waals surface area (Å²) >= 11 is 5.70. The van der Waals surface area contributed by atoms with Crippen LogP contribution in [0.25, 0.3) is 0 Å². The third-order valence-electron chi connectivity index (χ3n) is 3.13. The molecular weight excluding hydrogens is 261 g/mol. The topological polar surface area (TPSA) is 12.0 Å². The van der Waals surface area contributed by atoms with Crippen LogP contribution in [0, 0.1) is 12.7 Å². The average molecular weight is 278 g/mol. The van der Waals surface area contributed by atoms with E-state index in [-0.39, 0.29) is 5.82 Å². The van der Waals surface area contributed by atoms with Crippen LogP contribution in [0.5, 0.6) is 0 Å². The maximum atomic E-state index is 13.2. The molecule has 100 valence electrons. The molecule has 0 aromatic heterocycles. The Kier molecular flexibility index (Phi) is 4.80. The summed E-state index contributed by atoms with van der Waals surface area (Å²) in [6, 6.07) is 13.0. The molecule has 19 heavy (non-hydrogen) atoms. The lowest BCUT2D eigenvalue weighted by atomic mass is 10.1. The van der Waals surface area contributed by atoms with Gasteiger partial charge in [0.15, 0.2) is 0 Å². The zero-order valence-corrected chi connectivity index (χ0v) is 11.7. The van der Waals surface area contributed by atoms with Gasteiger partial charge in [0.25, 0.3) is 0 Å². The second kappa shape index (κ2) is 6.58. The van der Waals surface area contributed by atoms with Crippen molar-refractivity contribution in [1.82, 2.24) is 0 Å². The first-order valence-corrected chi connectivity index (χ1v) is 6.86. The van der Waals surface area contributed by atoms with Crippen LogP contribution in [0.15, 0.2) is 42.5 Å². The van der Waals surface area contributed by atoms with Gasteiger partial charge in [-0.25, -0.2) is 4.39 Å². The van der Waals surface area contributed by atoms with Crippen LogP contribution in [0.2, 0.25) is 0 Å². The zero-order valence-electron chi connectivity index (χ0n) is 10.9. The Morgan fingerprint density at radius 3 is 2.53 bits per heavy atom. The molecule has 0 amide bonds. The Balaban J connectivity index is 2.00. The molecule has 0 spiro atoms. The van der Waals surface area contributed by atoms with Crippen molar-refractivity contribution in [3.63, 3.8) is 0 Å². The summed E-state index contributed by atoms with van der Waals surface area (Å²) in [7, 11) is 0. The summed E-state index contributed by atoms with van der Waals surface area (Å²) in [5, 5.41) is 3.30. The standard InChI is InChI=1S/C16H17ClFN/c1-12-2-5-15(18)10-14(12)11-19-16-6-3-13(4-7-16)8-9-17/h2-7,10,19H,8-9,11H2,1H3. The molecule has 0 radical (unpaired) electrons. The van der Waals surface area contributed by atoms with Crippen molar-refractivity contribution in [3.05, 3.63) is 65.0 Å². The van der Waals surface area contributed by atoms with Crippen molar-refractivity contribution in [1.29, 1.82) is 0 Å². The van der Waals surface area contributed by atoms with Gasteiger partial charge in [0.05, 0.1) is 0 Å². The van der Waals surface area contributed by atoms with E-state index in [2.05, 4.69) is 17.4 Å². The molecule has 0 aliphatic heterocycles. The molecule has 0 bridgehead atoms. The van der Waals surface area contributed by atoms with Crippen LogP contribution in [-0.4, -0.2) is 5.88 Å². The van der Waals surface area contributed by atoms with Crippen molar-refractivity contribution >= 4 is 17.3 Å². The Labute approximate surface area is 118 Å². The number of anilines is 1. The van der Waals surface area contributed by atoms with E-state index in [1.54, 1.807) is 12.1 Å². The summed E-state index contributed by atoms with van der Waals surface area (Å²) in [5.74, 6) is 0.440. The normalized spacial score (nSPS) is 10.5. The second-order valence-electron chi connectivity index (χ2n) is 4.56. The Morgan fingerprint density at radius 2 is 1.84 bits per heavy atom. The Morgan fingerprint density at radius 1 is 1.11 bits per heavy atom. The van der Waals surface area contributed by atoms with Gasteiger partial charge in [-0.15, -0.1) is 11.6 Å². The van der Waals surface area contributed by atoms with Crippen molar-refractivity contribution in [3.8, 4) is 0 Å². The number of hydrogen-bond donors (Lipinski definition) is 1. The van der Waals surface area contributed by atoms with Gasteiger partial charge in [-0.2, -0.15) is 0 Å². The van der Waals surface area contributed by atoms with E-state index in [9.17, 15) is 4.39 Å². The number of benzene rings is 2. The summed E-state index contributed by atoms with van der Waals surface area (Å²) in [4.78, 5) is 0.